The molecule has 0 fully saturated rings. The lowest BCUT2D eigenvalue weighted by Crippen LogP contribution is -2.30. The maximum absolute atomic E-state index is 5.40. The molecule has 0 N–H and O–H groups in total. The summed E-state index contributed by atoms with van der Waals surface area (Å²) in [5.41, 5.74) is 0.887. The third kappa shape index (κ3) is 1.57. The van der Waals surface area contributed by atoms with Crippen LogP contribution in [0.25, 0.3) is 0 Å². The van der Waals surface area contributed by atoms with E-state index in [9.17, 15) is 0 Å². The van der Waals surface area contributed by atoms with Crippen LogP contribution in [0.15, 0.2) is 4.99 Å². The van der Waals surface area contributed by atoms with Gasteiger partial charge >= 0.3 is 0 Å². The molecule has 0 saturated carbocycles. The lowest BCUT2D eigenvalue weighted by Gasteiger charge is -2.23. The minimum atomic E-state index is 0.128. The van der Waals surface area contributed by atoms with Crippen molar-refractivity contribution >= 4 is 5.71 Å². The summed E-state index contributed by atoms with van der Waals surface area (Å²) in [7, 11) is 0. The molecule has 2 atom stereocenters. The lowest BCUT2D eigenvalue weighted by molar-refractivity contribution is 0.0857. The molecule has 0 spiro atoms. The molecule has 0 saturated heterocycles. The van der Waals surface area contributed by atoms with Crippen LogP contribution in [0.2, 0.25) is 0 Å². The maximum atomic E-state index is 5.40. The number of rotatable bonds is 1. The molecule has 2 nitrogen and oxygen atoms in total. The predicted octanol–water partition coefficient (Wildman–Crippen LogP) is 1.46. The van der Waals surface area contributed by atoms with E-state index in [1.807, 2.05) is 6.92 Å². The van der Waals surface area contributed by atoms with Crippen molar-refractivity contribution in [3.05, 3.63) is 6.92 Å². The number of hydrogen-bond donors (Lipinski definition) is 0. The summed E-state index contributed by atoms with van der Waals surface area (Å²) in [5, 5.41) is 0. The highest BCUT2D eigenvalue weighted by molar-refractivity contribution is 5.92. The fraction of sp³-hybridized carbons (Fsp3) is 0.750. The molecule has 0 aromatic heterocycles. The molecule has 1 radical (unpaired) electrons. The third-order valence-corrected chi connectivity index (χ3v) is 1.83. The molecule has 1 heterocycles. The fourth-order valence-corrected chi connectivity index (χ4v) is 0.937. The molecule has 0 aromatic carbocycles. The van der Waals surface area contributed by atoms with E-state index in [0.29, 0.717) is 6.04 Å². The fourth-order valence-electron chi connectivity index (χ4n) is 0.937. The van der Waals surface area contributed by atoms with E-state index in [0.717, 1.165) is 18.7 Å². The predicted molar refractivity (Wildman–Crippen MR) is 42.3 cm³/mol. The SMILES string of the molecule is [CH2]C1=NC(CC)COC1C. The van der Waals surface area contributed by atoms with Gasteiger partial charge in [0.15, 0.2) is 0 Å². The normalized spacial score (nSPS) is 33.7. The Labute approximate surface area is 62.3 Å². The standard InChI is InChI=1S/C8H14NO/c1-4-8-5-10-7(3)6(2)9-8/h7-8H,2,4-5H2,1,3H3. The summed E-state index contributed by atoms with van der Waals surface area (Å²) >= 11 is 0. The number of aliphatic imine (C=N–C) groups is 1. The first-order valence-corrected chi connectivity index (χ1v) is 3.75. The van der Waals surface area contributed by atoms with Crippen molar-refractivity contribution in [2.24, 2.45) is 4.99 Å². The van der Waals surface area contributed by atoms with Crippen LogP contribution in [0.1, 0.15) is 20.3 Å². The molecule has 0 aromatic rings. The van der Waals surface area contributed by atoms with Gasteiger partial charge in [-0.1, -0.05) is 6.92 Å². The van der Waals surface area contributed by atoms with Gasteiger partial charge in [0.1, 0.15) is 0 Å². The van der Waals surface area contributed by atoms with Gasteiger partial charge in [0, 0.05) is 5.71 Å². The van der Waals surface area contributed by atoms with Crippen molar-refractivity contribution in [1.29, 1.82) is 0 Å². The van der Waals surface area contributed by atoms with E-state index < -0.39 is 0 Å². The second-order valence-electron chi connectivity index (χ2n) is 2.66. The third-order valence-electron chi connectivity index (χ3n) is 1.83. The molecule has 1 aliphatic rings. The van der Waals surface area contributed by atoms with E-state index in [4.69, 9.17) is 4.74 Å². The zero-order valence-corrected chi connectivity index (χ0v) is 6.63. The van der Waals surface area contributed by atoms with Crippen molar-refractivity contribution in [2.45, 2.75) is 32.4 Å². The van der Waals surface area contributed by atoms with Crippen LogP contribution in [0.5, 0.6) is 0 Å². The minimum absolute atomic E-state index is 0.128. The van der Waals surface area contributed by atoms with Crippen LogP contribution >= 0.6 is 0 Å². The van der Waals surface area contributed by atoms with Gasteiger partial charge in [0.25, 0.3) is 0 Å². The summed E-state index contributed by atoms with van der Waals surface area (Å²) in [5.74, 6) is 0. The largest absolute Gasteiger partial charge is 0.370 e. The maximum Gasteiger partial charge on any atom is 0.0924 e. The topological polar surface area (TPSA) is 21.6 Å². The van der Waals surface area contributed by atoms with Crippen LogP contribution in [0.4, 0.5) is 0 Å². The van der Waals surface area contributed by atoms with Gasteiger partial charge in [0.2, 0.25) is 0 Å². The molecule has 0 aliphatic carbocycles. The van der Waals surface area contributed by atoms with Crippen LogP contribution in [-0.4, -0.2) is 24.5 Å². The monoisotopic (exact) mass is 140 g/mol. The number of ether oxygens (including phenoxy) is 1. The van der Waals surface area contributed by atoms with E-state index in [2.05, 4.69) is 18.8 Å². The van der Waals surface area contributed by atoms with Gasteiger partial charge in [-0.25, -0.2) is 0 Å². The van der Waals surface area contributed by atoms with Crippen LogP contribution in [-0.2, 0) is 4.74 Å². The Morgan fingerprint density at radius 1 is 1.80 bits per heavy atom. The van der Waals surface area contributed by atoms with E-state index in [1.165, 1.54) is 0 Å². The second kappa shape index (κ2) is 3.15. The highest BCUT2D eigenvalue weighted by Gasteiger charge is 2.16. The summed E-state index contributed by atoms with van der Waals surface area (Å²) in [4.78, 5) is 4.36. The van der Waals surface area contributed by atoms with Crippen molar-refractivity contribution in [3.8, 4) is 0 Å². The van der Waals surface area contributed by atoms with Gasteiger partial charge in [-0.3, -0.25) is 4.99 Å². The molecular weight excluding hydrogens is 126 g/mol. The molecule has 2 unspecified atom stereocenters. The molecule has 2 heteroatoms. The van der Waals surface area contributed by atoms with E-state index >= 15 is 0 Å². The van der Waals surface area contributed by atoms with Gasteiger partial charge in [-0.15, -0.1) is 0 Å². The summed E-state index contributed by atoms with van der Waals surface area (Å²) < 4.78 is 5.40. The average molecular weight is 140 g/mol. The second-order valence-corrected chi connectivity index (χ2v) is 2.66. The Hall–Kier alpha value is -0.370. The molecular formula is C8H14NO. The molecule has 57 valence electrons. The Bertz CT molecular complexity index is 142. The summed E-state index contributed by atoms with van der Waals surface area (Å²) in [6.45, 7) is 8.66. The Balaban J connectivity index is 2.56. The van der Waals surface area contributed by atoms with Gasteiger partial charge < -0.3 is 4.74 Å². The minimum Gasteiger partial charge on any atom is -0.370 e. The smallest absolute Gasteiger partial charge is 0.0924 e. The Kier molecular flexibility index (Phi) is 2.44. The number of nitrogens with zero attached hydrogens (tertiary/aromatic N) is 1. The quantitative estimate of drug-likeness (QED) is 0.540. The van der Waals surface area contributed by atoms with Gasteiger partial charge in [-0.2, -0.15) is 0 Å². The Morgan fingerprint density at radius 3 is 3.00 bits per heavy atom. The molecule has 1 aliphatic heterocycles. The summed E-state index contributed by atoms with van der Waals surface area (Å²) in [6.07, 6.45) is 1.17. The summed E-state index contributed by atoms with van der Waals surface area (Å²) in [6, 6.07) is 0.351. The van der Waals surface area contributed by atoms with Gasteiger partial charge in [-0.05, 0) is 20.3 Å². The zero-order chi connectivity index (χ0) is 7.56. The van der Waals surface area contributed by atoms with Crippen molar-refractivity contribution in [3.63, 3.8) is 0 Å². The highest BCUT2D eigenvalue weighted by Crippen LogP contribution is 2.09. The first-order chi connectivity index (χ1) is 4.74. The number of hydrogen-bond acceptors (Lipinski definition) is 2. The zero-order valence-electron chi connectivity index (χ0n) is 6.63. The van der Waals surface area contributed by atoms with Crippen molar-refractivity contribution < 1.29 is 4.74 Å². The molecule has 10 heavy (non-hydrogen) atoms. The first-order valence-electron chi connectivity index (χ1n) is 3.75. The van der Waals surface area contributed by atoms with Crippen LogP contribution in [0, 0.1) is 6.92 Å². The van der Waals surface area contributed by atoms with Crippen LogP contribution in [0.3, 0.4) is 0 Å². The Morgan fingerprint density at radius 2 is 2.50 bits per heavy atom. The highest BCUT2D eigenvalue weighted by atomic mass is 16.5. The molecule has 0 bridgehead atoms. The average Bonchev–Trinajstić information content (AvgIpc) is 1.95. The van der Waals surface area contributed by atoms with Crippen molar-refractivity contribution in [2.75, 3.05) is 6.61 Å². The lowest BCUT2D eigenvalue weighted by atomic mass is 10.2. The van der Waals surface area contributed by atoms with E-state index in [-0.39, 0.29) is 6.10 Å². The first kappa shape index (κ1) is 7.73. The van der Waals surface area contributed by atoms with Crippen molar-refractivity contribution in [1.82, 2.24) is 0 Å². The van der Waals surface area contributed by atoms with Crippen LogP contribution < -0.4 is 0 Å². The molecule has 1 rings (SSSR count). The molecule has 0 amide bonds. The van der Waals surface area contributed by atoms with Gasteiger partial charge in [0.05, 0.1) is 18.8 Å². The van der Waals surface area contributed by atoms with E-state index in [1.54, 1.807) is 0 Å².